The second kappa shape index (κ2) is 4.06. The van der Waals surface area contributed by atoms with Crippen LogP contribution in [0.3, 0.4) is 0 Å². The number of hydrogen-bond acceptors (Lipinski definition) is 6. The molecule has 1 fully saturated rings. The van der Waals surface area contributed by atoms with Gasteiger partial charge in [-0.05, 0) is 6.07 Å². The van der Waals surface area contributed by atoms with Gasteiger partial charge < -0.3 is 9.84 Å². The third-order valence-electron chi connectivity index (χ3n) is 2.35. The molecule has 0 spiro atoms. The van der Waals surface area contributed by atoms with Crippen LogP contribution >= 0.6 is 0 Å². The summed E-state index contributed by atoms with van der Waals surface area (Å²) in [6, 6.07) is 4.55. The van der Waals surface area contributed by atoms with Crippen LogP contribution in [0.25, 0.3) is 0 Å². The second-order valence-corrected chi connectivity index (χ2v) is 5.61. The Kier molecular flexibility index (Phi) is 2.86. The smallest absolute Gasteiger partial charge is 0.270 e. The summed E-state index contributed by atoms with van der Waals surface area (Å²) in [5, 5.41) is 20.0. The van der Waals surface area contributed by atoms with Crippen LogP contribution in [0.4, 0.5) is 5.69 Å². The first-order valence-electron chi connectivity index (χ1n) is 4.71. The number of benzene rings is 1. The average Bonchev–Trinajstić information content (AvgIpc) is 3.12. The topological polar surface area (TPSA) is 110 Å². The maximum atomic E-state index is 11.8. The van der Waals surface area contributed by atoms with Crippen LogP contribution in [0.1, 0.15) is 0 Å². The predicted octanol–water partition coefficient (Wildman–Crippen LogP) is 0.0857. The molecule has 1 heterocycles. The van der Waals surface area contributed by atoms with Gasteiger partial charge in [0.1, 0.15) is 6.10 Å². The van der Waals surface area contributed by atoms with Gasteiger partial charge in [0.2, 0.25) is 9.84 Å². The summed E-state index contributed by atoms with van der Waals surface area (Å²) in [7, 11) is -4.01. The quantitative estimate of drug-likeness (QED) is 0.466. The molecule has 7 nitrogen and oxygen atoms in total. The van der Waals surface area contributed by atoms with Crippen LogP contribution < -0.4 is 0 Å². The molecule has 1 aromatic rings. The van der Waals surface area contributed by atoms with Crippen molar-refractivity contribution in [2.75, 3.05) is 6.61 Å². The minimum absolute atomic E-state index is 0.176. The van der Waals surface area contributed by atoms with Crippen LogP contribution in [0, 0.1) is 10.1 Å². The van der Waals surface area contributed by atoms with E-state index in [4.69, 9.17) is 4.74 Å². The van der Waals surface area contributed by atoms with Crippen LogP contribution in [-0.2, 0) is 14.6 Å². The highest BCUT2D eigenvalue weighted by atomic mass is 32.2. The van der Waals surface area contributed by atoms with Gasteiger partial charge >= 0.3 is 0 Å². The lowest BCUT2D eigenvalue weighted by atomic mass is 10.3. The summed E-state index contributed by atoms with van der Waals surface area (Å²) >= 11 is 0. The maximum absolute atomic E-state index is 11.8. The van der Waals surface area contributed by atoms with Gasteiger partial charge in [0.15, 0.2) is 5.44 Å². The van der Waals surface area contributed by atoms with E-state index in [2.05, 4.69) is 0 Å². The zero-order chi connectivity index (χ0) is 12.6. The van der Waals surface area contributed by atoms with Gasteiger partial charge in [-0.1, -0.05) is 6.07 Å². The Morgan fingerprint density at radius 3 is 2.71 bits per heavy atom. The normalized spacial score (nSPS) is 20.9. The van der Waals surface area contributed by atoms with Crippen molar-refractivity contribution < 1.29 is 23.2 Å². The van der Waals surface area contributed by atoms with Gasteiger partial charge in [-0.2, -0.15) is 0 Å². The molecule has 0 aliphatic carbocycles. The zero-order valence-electron chi connectivity index (χ0n) is 8.52. The van der Waals surface area contributed by atoms with E-state index >= 15 is 0 Å². The molecule has 0 amide bonds. The van der Waals surface area contributed by atoms with Gasteiger partial charge in [-0.15, -0.1) is 0 Å². The number of nitrogens with zero attached hydrogens (tertiary/aromatic N) is 1. The minimum atomic E-state index is -4.01. The van der Waals surface area contributed by atoms with Crippen LogP contribution in [0.5, 0.6) is 0 Å². The highest BCUT2D eigenvalue weighted by Gasteiger charge is 2.41. The van der Waals surface area contributed by atoms with Crippen molar-refractivity contribution in [1.29, 1.82) is 0 Å². The van der Waals surface area contributed by atoms with Crippen molar-refractivity contribution in [1.82, 2.24) is 0 Å². The number of sulfone groups is 1. The van der Waals surface area contributed by atoms with Crippen LogP contribution in [0.15, 0.2) is 29.2 Å². The summed E-state index contributed by atoms with van der Waals surface area (Å²) < 4.78 is 28.4. The molecule has 0 bridgehead atoms. The highest BCUT2D eigenvalue weighted by molar-refractivity contribution is 7.92. The van der Waals surface area contributed by atoms with Gasteiger partial charge in [-0.25, -0.2) is 8.42 Å². The summed E-state index contributed by atoms with van der Waals surface area (Å²) in [6.07, 6.45) is -0.737. The third kappa shape index (κ3) is 2.28. The molecule has 2 atom stereocenters. The largest absolute Gasteiger partial charge is 0.375 e. The summed E-state index contributed by atoms with van der Waals surface area (Å²) in [4.78, 5) is 9.54. The number of hydrogen-bond donors (Lipinski definition) is 1. The Labute approximate surface area is 96.7 Å². The molecule has 92 valence electrons. The van der Waals surface area contributed by atoms with Crippen molar-refractivity contribution in [2.24, 2.45) is 0 Å². The fourth-order valence-corrected chi connectivity index (χ4v) is 2.72. The average molecular weight is 259 g/mol. The Bertz CT molecular complexity index is 550. The first-order valence-corrected chi connectivity index (χ1v) is 6.25. The maximum Gasteiger partial charge on any atom is 0.270 e. The van der Waals surface area contributed by atoms with E-state index in [-0.39, 0.29) is 17.2 Å². The fourth-order valence-electron chi connectivity index (χ4n) is 1.33. The Morgan fingerprint density at radius 2 is 2.18 bits per heavy atom. The Morgan fingerprint density at radius 1 is 1.53 bits per heavy atom. The number of ether oxygens (including phenoxy) is 1. The van der Waals surface area contributed by atoms with E-state index < -0.39 is 26.3 Å². The molecule has 17 heavy (non-hydrogen) atoms. The number of aliphatic hydroxyl groups excluding tert-OH is 1. The number of nitro benzene ring substituents is 1. The number of non-ortho nitro benzene ring substituents is 1. The molecule has 1 aromatic carbocycles. The monoisotopic (exact) mass is 259 g/mol. The lowest BCUT2D eigenvalue weighted by Crippen LogP contribution is -2.26. The SMILES string of the molecule is O=[N+]([O-])c1cccc(S(=O)(=O)[C@H](O)C2CO2)c1. The summed E-state index contributed by atoms with van der Waals surface area (Å²) in [5.74, 6) is 0. The highest BCUT2D eigenvalue weighted by Crippen LogP contribution is 2.26. The Balaban J connectivity index is 2.38. The lowest BCUT2D eigenvalue weighted by Gasteiger charge is -2.08. The Hall–Kier alpha value is -1.51. The third-order valence-corrected chi connectivity index (χ3v) is 4.20. The zero-order valence-corrected chi connectivity index (χ0v) is 9.33. The van der Waals surface area contributed by atoms with E-state index in [1.807, 2.05) is 0 Å². The van der Waals surface area contributed by atoms with Crippen molar-refractivity contribution in [2.45, 2.75) is 16.4 Å². The minimum Gasteiger partial charge on any atom is -0.375 e. The number of rotatable bonds is 4. The predicted molar refractivity (Wildman–Crippen MR) is 56.0 cm³/mol. The van der Waals surface area contributed by atoms with E-state index in [1.54, 1.807) is 0 Å². The van der Waals surface area contributed by atoms with Crippen molar-refractivity contribution in [3.63, 3.8) is 0 Å². The first-order chi connectivity index (χ1) is 7.93. The number of epoxide rings is 1. The van der Waals surface area contributed by atoms with E-state index in [9.17, 15) is 23.6 Å². The molecule has 1 unspecified atom stereocenters. The van der Waals surface area contributed by atoms with Crippen LogP contribution in [-0.4, -0.2) is 36.6 Å². The molecule has 8 heteroatoms. The number of aliphatic hydroxyl groups is 1. The fraction of sp³-hybridized carbons (Fsp3) is 0.333. The van der Waals surface area contributed by atoms with Gasteiger partial charge in [0.25, 0.3) is 5.69 Å². The molecule has 1 aliphatic heterocycles. The standard InChI is InChI=1S/C9H9NO6S/c11-9(8-5-16-8)17(14,15)7-3-1-2-6(4-7)10(12)13/h1-4,8-9,11H,5H2/t8?,9-/m0/s1. The van der Waals surface area contributed by atoms with Gasteiger partial charge in [0.05, 0.1) is 16.4 Å². The molecule has 1 N–H and O–H groups in total. The van der Waals surface area contributed by atoms with Gasteiger partial charge in [0, 0.05) is 12.1 Å². The molecule has 0 radical (unpaired) electrons. The molecule has 1 aliphatic rings. The van der Waals surface area contributed by atoms with E-state index in [1.165, 1.54) is 18.2 Å². The molecule has 0 saturated carbocycles. The molecular formula is C9H9NO6S. The van der Waals surface area contributed by atoms with Crippen molar-refractivity contribution in [3.8, 4) is 0 Å². The first kappa shape index (κ1) is 12.0. The number of nitro groups is 1. The molecule has 2 rings (SSSR count). The molecule has 0 aromatic heterocycles. The van der Waals surface area contributed by atoms with E-state index in [0.717, 1.165) is 6.07 Å². The lowest BCUT2D eigenvalue weighted by molar-refractivity contribution is -0.385. The summed E-state index contributed by atoms with van der Waals surface area (Å²) in [5.41, 5.74) is -2.01. The van der Waals surface area contributed by atoms with Crippen molar-refractivity contribution >= 4 is 15.5 Å². The summed E-state index contributed by atoms with van der Waals surface area (Å²) in [6.45, 7) is 0.176. The second-order valence-electron chi connectivity index (χ2n) is 3.56. The van der Waals surface area contributed by atoms with Crippen molar-refractivity contribution in [3.05, 3.63) is 34.4 Å². The van der Waals surface area contributed by atoms with Crippen LogP contribution in [0.2, 0.25) is 0 Å². The molecule has 1 saturated heterocycles. The van der Waals surface area contributed by atoms with Gasteiger partial charge in [-0.3, -0.25) is 10.1 Å². The van der Waals surface area contributed by atoms with E-state index in [0.29, 0.717) is 0 Å². The molecular weight excluding hydrogens is 250 g/mol.